The highest BCUT2D eigenvalue weighted by Crippen LogP contribution is 2.09. The summed E-state index contributed by atoms with van der Waals surface area (Å²) < 4.78 is 0. The minimum atomic E-state index is -0.930. The third-order valence-electron chi connectivity index (χ3n) is 2.11. The summed E-state index contributed by atoms with van der Waals surface area (Å²) in [4.78, 5) is 22.7. The zero-order chi connectivity index (χ0) is 10.7. The minimum Gasteiger partial charge on any atom is -0.480 e. The van der Waals surface area contributed by atoms with E-state index >= 15 is 0 Å². The molecule has 0 aliphatic carbocycles. The maximum atomic E-state index is 10.7. The Morgan fingerprint density at radius 3 is 2.64 bits per heavy atom. The summed E-state index contributed by atoms with van der Waals surface area (Å²) in [7, 11) is 0. The number of carbonyl (C=O) groups excluding carboxylic acids is 1. The van der Waals surface area contributed by atoms with Crippen LogP contribution in [-0.4, -0.2) is 58.8 Å². The molecule has 1 rings (SSSR count). The van der Waals surface area contributed by atoms with Crippen molar-refractivity contribution in [3.05, 3.63) is 0 Å². The number of aliphatic hydroxyl groups is 1. The van der Waals surface area contributed by atoms with Gasteiger partial charge in [0.05, 0.1) is 18.7 Å². The van der Waals surface area contributed by atoms with E-state index < -0.39 is 12.1 Å². The van der Waals surface area contributed by atoms with Crippen molar-refractivity contribution in [1.82, 2.24) is 10.2 Å². The van der Waals surface area contributed by atoms with E-state index in [1.54, 1.807) is 4.90 Å². The van der Waals surface area contributed by atoms with Crippen LogP contribution in [0, 0.1) is 0 Å². The van der Waals surface area contributed by atoms with E-state index in [0.717, 1.165) is 0 Å². The van der Waals surface area contributed by atoms with Crippen LogP contribution < -0.4 is 5.32 Å². The van der Waals surface area contributed by atoms with Gasteiger partial charge in [-0.1, -0.05) is 0 Å². The van der Waals surface area contributed by atoms with Gasteiger partial charge in [-0.2, -0.15) is 0 Å². The van der Waals surface area contributed by atoms with Crippen molar-refractivity contribution in [2.24, 2.45) is 0 Å². The quantitative estimate of drug-likeness (QED) is 0.505. The number of nitrogens with one attached hydrogen (secondary N) is 1. The van der Waals surface area contributed by atoms with E-state index in [0.29, 0.717) is 6.54 Å². The van der Waals surface area contributed by atoms with E-state index in [-0.39, 0.29) is 25.0 Å². The molecule has 1 aliphatic rings. The van der Waals surface area contributed by atoms with Crippen molar-refractivity contribution in [1.29, 1.82) is 0 Å². The van der Waals surface area contributed by atoms with Crippen molar-refractivity contribution in [3.63, 3.8) is 0 Å². The SMILES string of the molecule is CC(=O)NC1CN(CC(=O)O)CC1O. The second-order valence-corrected chi connectivity index (χ2v) is 3.46. The molecule has 0 aromatic carbocycles. The lowest BCUT2D eigenvalue weighted by atomic mass is 10.2. The lowest BCUT2D eigenvalue weighted by Gasteiger charge is -2.14. The molecule has 0 aromatic heterocycles. The molecule has 3 N–H and O–H groups in total. The summed E-state index contributed by atoms with van der Waals surface area (Å²) in [6, 6.07) is -0.355. The average molecular weight is 202 g/mol. The zero-order valence-electron chi connectivity index (χ0n) is 7.93. The third kappa shape index (κ3) is 2.97. The minimum absolute atomic E-state index is 0.104. The molecule has 0 bridgehead atoms. The second-order valence-electron chi connectivity index (χ2n) is 3.46. The smallest absolute Gasteiger partial charge is 0.317 e. The maximum absolute atomic E-state index is 10.7. The molecule has 1 fully saturated rings. The van der Waals surface area contributed by atoms with Crippen LogP contribution in [0.15, 0.2) is 0 Å². The number of amides is 1. The van der Waals surface area contributed by atoms with Gasteiger partial charge in [0.25, 0.3) is 0 Å². The molecule has 1 amide bonds. The fourth-order valence-corrected chi connectivity index (χ4v) is 1.59. The highest BCUT2D eigenvalue weighted by Gasteiger charge is 2.32. The standard InChI is InChI=1S/C8H14N2O4/c1-5(11)9-6-2-10(3-7(6)12)4-8(13)14/h6-7,12H,2-4H2,1H3,(H,9,11)(H,13,14). The van der Waals surface area contributed by atoms with Gasteiger partial charge in [-0.25, -0.2) is 0 Å². The summed E-state index contributed by atoms with van der Waals surface area (Å²) >= 11 is 0. The van der Waals surface area contributed by atoms with Crippen LogP contribution in [-0.2, 0) is 9.59 Å². The van der Waals surface area contributed by atoms with Crippen LogP contribution in [0.25, 0.3) is 0 Å². The molecule has 2 unspecified atom stereocenters. The van der Waals surface area contributed by atoms with Crippen molar-refractivity contribution in [2.45, 2.75) is 19.1 Å². The Labute approximate surface area is 81.5 Å². The second kappa shape index (κ2) is 4.39. The van der Waals surface area contributed by atoms with Crippen molar-refractivity contribution >= 4 is 11.9 Å². The van der Waals surface area contributed by atoms with Gasteiger partial charge in [-0.3, -0.25) is 14.5 Å². The molecule has 0 spiro atoms. The van der Waals surface area contributed by atoms with Gasteiger partial charge in [0, 0.05) is 20.0 Å². The predicted octanol–water partition coefficient (Wildman–Crippen LogP) is -1.75. The number of hydrogen-bond donors (Lipinski definition) is 3. The summed E-state index contributed by atoms with van der Waals surface area (Å²) in [5.41, 5.74) is 0. The predicted molar refractivity (Wildman–Crippen MR) is 47.7 cm³/mol. The van der Waals surface area contributed by atoms with E-state index in [4.69, 9.17) is 5.11 Å². The van der Waals surface area contributed by atoms with Crippen LogP contribution in [0.3, 0.4) is 0 Å². The normalized spacial score (nSPS) is 27.6. The molecule has 1 saturated heterocycles. The molecule has 80 valence electrons. The van der Waals surface area contributed by atoms with E-state index in [1.165, 1.54) is 6.92 Å². The van der Waals surface area contributed by atoms with Gasteiger partial charge >= 0.3 is 5.97 Å². The summed E-state index contributed by atoms with van der Waals surface area (Å²) in [6.45, 7) is 1.93. The topological polar surface area (TPSA) is 89.9 Å². The maximum Gasteiger partial charge on any atom is 0.317 e. The Bertz CT molecular complexity index is 243. The van der Waals surface area contributed by atoms with Crippen LogP contribution in [0.5, 0.6) is 0 Å². The van der Waals surface area contributed by atoms with Crippen LogP contribution in [0.4, 0.5) is 0 Å². The summed E-state index contributed by atoms with van der Waals surface area (Å²) in [5.74, 6) is -1.15. The Balaban J connectivity index is 2.42. The fraction of sp³-hybridized carbons (Fsp3) is 0.750. The van der Waals surface area contributed by atoms with Crippen molar-refractivity contribution in [3.8, 4) is 0 Å². The fourth-order valence-electron chi connectivity index (χ4n) is 1.59. The molecule has 0 aromatic rings. The van der Waals surface area contributed by atoms with Gasteiger partial charge in [0.15, 0.2) is 0 Å². The molecule has 1 aliphatic heterocycles. The lowest BCUT2D eigenvalue weighted by Crippen LogP contribution is -2.41. The van der Waals surface area contributed by atoms with Crippen LogP contribution >= 0.6 is 0 Å². The first-order valence-electron chi connectivity index (χ1n) is 4.38. The number of hydrogen-bond acceptors (Lipinski definition) is 4. The Morgan fingerprint density at radius 1 is 1.50 bits per heavy atom. The van der Waals surface area contributed by atoms with E-state index in [1.807, 2.05) is 0 Å². The molecule has 2 atom stereocenters. The summed E-state index contributed by atoms with van der Waals surface area (Å²) in [6.07, 6.45) is -0.682. The molecule has 0 saturated carbocycles. The van der Waals surface area contributed by atoms with Gasteiger partial charge < -0.3 is 15.5 Å². The largest absolute Gasteiger partial charge is 0.480 e. The highest BCUT2D eigenvalue weighted by molar-refractivity contribution is 5.73. The molecule has 14 heavy (non-hydrogen) atoms. The monoisotopic (exact) mass is 202 g/mol. The molecular weight excluding hydrogens is 188 g/mol. The Morgan fingerprint density at radius 2 is 2.14 bits per heavy atom. The van der Waals surface area contributed by atoms with Gasteiger partial charge in [-0.05, 0) is 0 Å². The number of rotatable bonds is 3. The average Bonchev–Trinajstić information content (AvgIpc) is 2.28. The molecule has 6 nitrogen and oxygen atoms in total. The van der Waals surface area contributed by atoms with Gasteiger partial charge in [0.2, 0.25) is 5.91 Å². The first-order valence-corrected chi connectivity index (χ1v) is 4.38. The first kappa shape index (κ1) is 10.9. The van der Waals surface area contributed by atoms with Crippen molar-refractivity contribution in [2.75, 3.05) is 19.6 Å². The number of aliphatic carboxylic acids is 1. The van der Waals surface area contributed by atoms with E-state index in [9.17, 15) is 14.7 Å². The lowest BCUT2D eigenvalue weighted by molar-refractivity contribution is -0.138. The van der Waals surface area contributed by atoms with Gasteiger partial charge in [-0.15, -0.1) is 0 Å². The Kier molecular flexibility index (Phi) is 3.43. The molecule has 6 heteroatoms. The molecule has 1 heterocycles. The molecular formula is C8H14N2O4. The number of nitrogens with zero attached hydrogens (tertiary/aromatic N) is 1. The highest BCUT2D eigenvalue weighted by atomic mass is 16.4. The van der Waals surface area contributed by atoms with Crippen molar-refractivity contribution < 1.29 is 19.8 Å². The molecule has 0 radical (unpaired) electrons. The number of carboxylic acids is 1. The third-order valence-corrected chi connectivity index (χ3v) is 2.11. The van der Waals surface area contributed by atoms with E-state index in [2.05, 4.69) is 5.32 Å². The van der Waals surface area contributed by atoms with Crippen LogP contribution in [0.1, 0.15) is 6.92 Å². The number of carboxylic acid groups (broad SMARTS) is 1. The van der Waals surface area contributed by atoms with Crippen LogP contribution in [0.2, 0.25) is 0 Å². The zero-order valence-corrected chi connectivity index (χ0v) is 7.93. The number of likely N-dealkylation sites (tertiary alicyclic amines) is 1. The number of β-amino-alcohol motifs (C(OH)–C–C–N with tert-alkyl or cyclic N) is 1. The van der Waals surface area contributed by atoms with Gasteiger partial charge in [0.1, 0.15) is 0 Å². The summed E-state index contributed by atoms with van der Waals surface area (Å²) in [5, 5.41) is 20.6. The number of carbonyl (C=O) groups is 2. The number of aliphatic hydroxyl groups excluding tert-OH is 1. The Hall–Kier alpha value is -1.14. The first-order chi connectivity index (χ1) is 6.49.